The molecule has 166 valence electrons. The molecule has 0 aliphatic rings. The molecule has 2 aromatic carbocycles. The largest absolute Gasteiger partial charge is 0.493 e. The van der Waals surface area contributed by atoms with E-state index >= 15 is 0 Å². The highest BCUT2D eigenvalue weighted by Crippen LogP contribution is 2.46. The van der Waals surface area contributed by atoms with Gasteiger partial charge in [-0.1, -0.05) is 0 Å². The van der Waals surface area contributed by atoms with Crippen LogP contribution in [0.5, 0.6) is 28.7 Å². The van der Waals surface area contributed by atoms with Crippen molar-refractivity contribution in [3.63, 3.8) is 0 Å². The molecule has 0 aliphatic carbocycles. The molecule has 1 N–H and O–H groups in total. The first kappa shape index (κ1) is 23.3. The Balaban J connectivity index is 2.34. The van der Waals surface area contributed by atoms with Gasteiger partial charge in [0.25, 0.3) is 5.91 Å². The molecule has 2 aromatic rings. The van der Waals surface area contributed by atoms with E-state index in [2.05, 4.69) is 10.5 Å². The van der Waals surface area contributed by atoms with E-state index in [1.807, 2.05) is 6.92 Å². The first-order valence-corrected chi connectivity index (χ1v) is 9.03. The lowest BCUT2D eigenvalue weighted by molar-refractivity contribution is -0.386. The minimum atomic E-state index is -0.833. The Hall–Kier alpha value is -4.02. The number of carbonyl (C=O) groups is 1. The van der Waals surface area contributed by atoms with Crippen molar-refractivity contribution in [2.24, 2.45) is 5.10 Å². The molecule has 0 bridgehead atoms. The number of nitrogens with zero attached hydrogens (tertiary/aromatic N) is 2. The molecule has 0 spiro atoms. The van der Waals surface area contributed by atoms with Crippen LogP contribution in [0.2, 0.25) is 0 Å². The van der Waals surface area contributed by atoms with Gasteiger partial charge in [-0.05, 0) is 30.7 Å². The van der Waals surface area contributed by atoms with Crippen molar-refractivity contribution in [2.45, 2.75) is 6.92 Å². The number of amides is 1. The van der Waals surface area contributed by atoms with Crippen LogP contribution < -0.4 is 29.1 Å². The summed E-state index contributed by atoms with van der Waals surface area (Å²) in [6, 6.07) is 6.27. The first-order valence-electron chi connectivity index (χ1n) is 9.03. The molecule has 2 rings (SSSR count). The van der Waals surface area contributed by atoms with E-state index in [0.717, 1.165) is 0 Å². The van der Waals surface area contributed by atoms with Crippen molar-refractivity contribution in [3.8, 4) is 28.7 Å². The van der Waals surface area contributed by atoms with E-state index in [9.17, 15) is 14.9 Å². The Kier molecular flexibility index (Phi) is 8.01. The maximum absolute atomic E-state index is 12.6. The highest BCUT2D eigenvalue weighted by molar-refractivity contribution is 6.01. The number of hydrogen-bond acceptors (Lipinski definition) is 9. The van der Waals surface area contributed by atoms with Gasteiger partial charge in [-0.3, -0.25) is 14.9 Å². The molecule has 0 radical (unpaired) electrons. The van der Waals surface area contributed by atoms with Gasteiger partial charge in [0.2, 0.25) is 11.5 Å². The molecule has 0 aromatic heterocycles. The second kappa shape index (κ2) is 10.7. The molecule has 11 nitrogen and oxygen atoms in total. The molecule has 0 heterocycles. The summed E-state index contributed by atoms with van der Waals surface area (Å²) in [4.78, 5) is 23.5. The minimum Gasteiger partial charge on any atom is -0.493 e. The molecule has 1 amide bonds. The molecule has 0 unspecified atom stereocenters. The number of nitrogens with one attached hydrogen (secondary N) is 1. The Morgan fingerprint density at radius 1 is 1.03 bits per heavy atom. The third kappa shape index (κ3) is 5.13. The van der Waals surface area contributed by atoms with Crippen LogP contribution in [0, 0.1) is 10.1 Å². The van der Waals surface area contributed by atoms with Gasteiger partial charge >= 0.3 is 5.69 Å². The predicted molar refractivity (Wildman–Crippen MR) is 112 cm³/mol. The molecular weight excluding hydrogens is 410 g/mol. The predicted octanol–water partition coefficient (Wildman–Crippen LogP) is 2.79. The quantitative estimate of drug-likeness (QED) is 0.344. The summed E-state index contributed by atoms with van der Waals surface area (Å²) in [5, 5.41) is 15.5. The monoisotopic (exact) mass is 433 g/mol. The fourth-order valence-corrected chi connectivity index (χ4v) is 2.76. The molecule has 0 atom stereocenters. The highest BCUT2D eigenvalue weighted by Gasteiger charge is 2.32. The number of ether oxygens (including phenoxy) is 5. The van der Waals surface area contributed by atoms with Crippen LogP contribution in [0.15, 0.2) is 29.4 Å². The van der Waals surface area contributed by atoms with Gasteiger partial charge in [-0.25, -0.2) is 5.43 Å². The number of nitro benzene ring substituents is 1. The second-order valence-corrected chi connectivity index (χ2v) is 5.84. The number of methoxy groups -OCH3 is 4. The molecule has 0 saturated heterocycles. The molecule has 0 saturated carbocycles. The molecule has 31 heavy (non-hydrogen) atoms. The van der Waals surface area contributed by atoms with E-state index < -0.39 is 16.5 Å². The lowest BCUT2D eigenvalue weighted by Crippen LogP contribution is -2.20. The van der Waals surface area contributed by atoms with E-state index in [1.54, 1.807) is 18.2 Å². The lowest BCUT2D eigenvalue weighted by atomic mass is 10.1. The number of benzene rings is 2. The second-order valence-electron chi connectivity index (χ2n) is 5.84. The fraction of sp³-hybridized carbons (Fsp3) is 0.300. The highest BCUT2D eigenvalue weighted by atomic mass is 16.6. The summed E-state index contributed by atoms with van der Waals surface area (Å²) >= 11 is 0. The summed E-state index contributed by atoms with van der Waals surface area (Å²) < 4.78 is 26.1. The van der Waals surface area contributed by atoms with Gasteiger partial charge < -0.3 is 23.7 Å². The van der Waals surface area contributed by atoms with Crippen LogP contribution in [-0.4, -0.2) is 52.1 Å². The number of carbonyl (C=O) groups excluding carboxylic acids is 1. The molecule has 11 heteroatoms. The molecule has 0 aliphatic heterocycles. The van der Waals surface area contributed by atoms with Crippen LogP contribution >= 0.6 is 0 Å². The molecule has 0 fully saturated rings. The van der Waals surface area contributed by atoms with Gasteiger partial charge in [0, 0.05) is 6.07 Å². The van der Waals surface area contributed by atoms with E-state index in [4.69, 9.17) is 23.7 Å². The normalized spacial score (nSPS) is 10.5. The third-order valence-corrected chi connectivity index (χ3v) is 4.10. The van der Waals surface area contributed by atoms with Crippen LogP contribution in [0.25, 0.3) is 0 Å². The minimum absolute atomic E-state index is 0.00163. The summed E-state index contributed by atoms with van der Waals surface area (Å²) in [5.41, 5.74) is 2.00. The van der Waals surface area contributed by atoms with Gasteiger partial charge in [0.1, 0.15) is 5.56 Å². The standard InChI is InChI=1S/C20H23N3O8/c1-6-31-14-8-7-12(9-15(14)27-2)11-21-22-20(24)13-10-16(28-3)18(29-4)19(30-5)17(13)23(25)26/h7-11H,6H2,1-5H3,(H,22,24)/b21-11-. The summed E-state index contributed by atoms with van der Waals surface area (Å²) in [5.74, 6) is 0.0857. The smallest absolute Gasteiger partial charge is 0.327 e. The molecular formula is C20H23N3O8. The first-order chi connectivity index (χ1) is 14.9. The van der Waals surface area contributed by atoms with Crippen LogP contribution in [-0.2, 0) is 0 Å². The van der Waals surface area contributed by atoms with Crippen molar-refractivity contribution < 1.29 is 33.4 Å². The average Bonchev–Trinajstić information content (AvgIpc) is 2.78. The SMILES string of the molecule is CCOc1ccc(/C=N\NC(=O)c2cc(OC)c(OC)c(OC)c2[N+](=O)[O-])cc1OC. The zero-order valence-corrected chi connectivity index (χ0v) is 17.8. The van der Waals surface area contributed by atoms with Crippen molar-refractivity contribution in [1.29, 1.82) is 0 Å². The van der Waals surface area contributed by atoms with Crippen LogP contribution in [0.4, 0.5) is 5.69 Å². The van der Waals surface area contributed by atoms with Crippen molar-refractivity contribution >= 4 is 17.8 Å². The van der Waals surface area contributed by atoms with Gasteiger partial charge in [-0.15, -0.1) is 0 Å². The van der Waals surface area contributed by atoms with Crippen LogP contribution in [0.3, 0.4) is 0 Å². The number of nitro groups is 1. The summed E-state index contributed by atoms with van der Waals surface area (Å²) in [6.45, 7) is 2.33. The Morgan fingerprint density at radius 2 is 1.71 bits per heavy atom. The third-order valence-electron chi connectivity index (χ3n) is 4.10. The maximum atomic E-state index is 12.6. The van der Waals surface area contributed by atoms with Crippen molar-refractivity contribution in [1.82, 2.24) is 5.43 Å². The van der Waals surface area contributed by atoms with E-state index in [0.29, 0.717) is 23.7 Å². The Morgan fingerprint density at radius 3 is 2.26 bits per heavy atom. The van der Waals surface area contributed by atoms with E-state index in [-0.39, 0.29) is 22.8 Å². The average molecular weight is 433 g/mol. The van der Waals surface area contributed by atoms with Crippen molar-refractivity contribution in [2.75, 3.05) is 35.0 Å². The van der Waals surface area contributed by atoms with Crippen molar-refractivity contribution in [3.05, 3.63) is 45.5 Å². The number of hydrogen-bond donors (Lipinski definition) is 1. The zero-order chi connectivity index (χ0) is 23.0. The fourth-order valence-electron chi connectivity index (χ4n) is 2.76. The van der Waals surface area contributed by atoms with E-state index in [1.165, 1.54) is 40.7 Å². The Bertz CT molecular complexity index is 991. The number of hydrazone groups is 1. The Labute approximate surface area is 178 Å². The van der Waals surface area contributed by atoms with Crippen LogP contribution in [0.1, 0.15) is 22.8 Å². The lowest BCUT2D eigenvalue weighted by Gasteiger charge is -2.14. The summed E-state index contributed by atoms with van der Waals surface area (Å²) in [7, 11) is 5.37. The summed E-state index contributed by atoms with van der Waals surface area (Å²) in [6.07, 6.45) is 1.36. The van der Waals surface area contributed by atoms with Gasteiger partial charge in [0.15, 0.2) is 17.2 Å². The van der Waals surface area contributed by atoms with Gasteiger partial charge in [-0.2, -0.15) is 5.10 Å². The van der Waals surface area contributed by atoms with Gasteiger partial charge in [0.05, 0.1) is 46.2 Å². The number of rotatable bonds is 10. The zero-order valence-electron chi connectivity index (χ0n) is 17.8. The maximum Gasteiger partial charge on any atom is 0.327 e. The topological polar surface area (TPSA) is 131 Å².